The van der Waals surface area contributed by atoms with Gasteiger partial charge in [-0.25, -0.2) is 0 Å². The van der Waals surface area contributed by atoms with Crippen molar-refractivity contribution in [1.82, 2.24) is 0 Å². The molecule has 0 fully saturated rings. The lowest BCUT2D eigenvalue weighted by atomic mass is 9.99. The molecule has 0 radical (unpaired) electrons. The number of ether oxygens (including phenoxy) is 2. The molecule has 4 heteroatoms. The standard InChI is InChI=1S/C12H15ClO3/c1-2-8-9(4-3-5-14)10(13)6-11-12(8)16-7-15-11/h6,14H,2-5,7H2,1H3. The topological polar surface area (TPSA) is 38.7 Å². The molecule has 88 valence electrons. The van der Waals surface area contributed by atoms with Crippen molar-refractivity contribution >= 4 is 11.6 Å². The summed E-state index contributed by atoms with van der Waals surface area (Å²) in [6, 6.07) is 1.80. The molecule has 1 aliphatic rings. The van der Waals surface area contributed by atoms with Gasteiger partial charge in [0.15, 0.2) is 11.5 Å². The molecule has 16 heavy (non-hydrogen) atoms. The molecule has 0 unspecified atom stereocenters. The van der Waals surface area contributed by atoms with Crippen molar-refractivity contribution in [2.24, 2.45) is 0 Å². The van der Waals surface area contributed by atoms with E-state index in [9.17, 15) is 0 Å². The number of hydrogen-bond donors (Lipinski definition) is 1. The normalized spacial score (nSPS) is 13.2. The van der Waals surface area contributed by atoms with E-state index in [4.69, 9.17) is 26.2 Å². The Labute approximate surface area is 99.9 Å². The second-order valence-corrected chi connectivity index (χ2v) is 4.14. The van der Waals surface area contributed by atoms with Crippen LogP contribution in [0.2, 0.25) is 5.02 Å². The van der Waals surface area contributed by atoms with Gasteiger partial charge in [-0.1, -0.05) is 18.5 Å². The van der Waals surface area contributed by atoms with Crippen LogP contribution in [0.25, 0.3) is 0 Å². The summed E-state index contributed by atoms with van der Waals surface area (Å²) < 4.78 is 10.8. The van der Waals surface area contributed by atoms with Gasteiger partial charge in [-0.3, -0.25) is 0 Å². The number of aliphatic hydroxyl groups is 1. The molecule has 2 rings (SSSR count). The first-order valence-electron chi connectivity index (χ1n) is 5.48. The molecule has 0 spiro atoms. The van der Waals surface area contributed by atoms with E-state index in [1.165, 1.54) is 0 Å². The van der Waals surface area contributed by atoms with Crippen LogP contribution >= 0.6 is 11.6 Å². The Balaban J connectivity index is 2.42. The molecule has 0 saturated heterocycles. The first kappa shape index (κ1) is 11.6. The van der Waals surface area contributed by atoms with Crippen LogP contribution in [0.5, 0.6) is 11.5 Å². The Morgan fingerprint density at radius 3 is 2.88 bits per heavy atom. The Morgan fingerprint density at radius 1 is 1.38 bits per heavy atom. The maximum absolute atomic E-state index is 8.88. The van der Waals surface area contributed by atoms with Gasteiger partial charge in [-0.05, 0) is 24.8 Å². The van der Waals surface area contributed by atoms with Crippen LogP contribution in [0.4, 0.5) is 0 Å². The van der Waals surface area contributed by atoms with Gasteiger partial charge in [0.05, 0.1) is 0 Å². The maximum atomic E-state index is 8.88. The molecule has 3 nitrogen and oxygen atoms in total. The zero-order chi connectivity index (χ0) is 11.5. The van der Waals surface area contributed by atoms with Crippen molar-refractivity contribution in [3.05, 3.63) is 22.2 Å². The lowest BCUT2D eigenvalue weighted by Gasteiger charge is -2.12. The van der Waals surface area contributed by atoms with Crippen LogP contribution in [0, 0.1) is 0 Å². The largest absolute Gasteiger partial charge is 0.454 e. The highest BCUT2D eigenvalue weighted by Crippen LogP contribution is 2.41. The first-order valence-corrected chi connectivity index (χ1v) is 5.86. The van der Waals surface area contributed by atoms with Crippen LogP contribution in [0.15, 0.2) is 6.07 Å². The van der Waals surface area contributed by atoms with Crippen molar-refractivity contribution in [2.75, 3.05) is 13.4 Å². The van der Waals surface area contributed by atoms with E-state index >= 15 is 0 Å². The second kappa shape index (κ2) is 4.93. The predicted octanol–water partition coefficient (Wildman–Crippen LogP) is 2.56. The van der Waals surface area contributed by atoms with Crippen LogP contribution in [0.1, 0.15) is 24.5 Å². The third kappa shape index (κ3) is 1.97. The van der Waals surface area contributed by atoms with E-state index < -0.39 is 0 Å². The Bertz CT molecular complexity index is 390. The van der Waals surface area contributed by atoms with Gasteiger partial charge in [-0.2, -0.15) is 0 Å². The highest BCUT2D eigenvalue weighted by atomic mass is 35.5. The zero-order valence-corrected chi connectivity index (χ0v) is 10.0. The van der Waals surface area contributed by atoms with Crippen LogP contribution in [-0.4, -0.2) is 18.5 Å². The summed E-state index contributed by atoms with van der Waals surface area (Å²) in [4.78, 5) is 0. The summed E-state index contributed by atoms with van der Waals surface area (Å²) in [5.41, 5.74) is 2.18. The van der Waals surface area contributed by atoms with Gasteiger partial charge in [-0.15, -0.1) is 0 Å². The fourth-order valence-corrected chi connectivity index (χ4v) is 2.32. The van der Waals surface area contributed by atoms with E-state index in [1.807, 2.05) is 0 Å². The number of hydrogen-bond acceptors (Lipinski definition) is 3. The summed E-state index contributed by atoms with van der Waals surface area (Å²) in [5.74, 6) is 1.55. The van der Waals surface area contributed by atoms with Gasteiger partial charge < -0.3 is 14.6 Å². The van der Waals surface area contributed by atoms with E-state index in [0.717, 1.165) is 35.5 Å². The SMILES string of the molecule is CCc1c(CCCO)c(Cl)cc2c1OCO2. The molecule has 0 atom stereocenters. The number of rotatable bonds is 4. The van der Waals surface area contributed by atoms with Gasteiger partial charge in [0, 0.05) is 23.3 Å². The summed E-state index contributed by atoms with van der Waals surface area (Å²) >= 11 is 6.21. The monoisotopic (exact) mass is 242 g/mol. The van der Waals surface area contributed by atoms with Gasteiger partial charge >= 0.3 is 0 Å². The number of benzene rings is 1. The molecule has 1 aromatic rings. The highest BCUT2D eigenvalue weighted by molar-refractivity contribution is 6.31. The smallest absolute Gasteiger partial charge is 0.231 e. The van der Waals surface area contributed by atoms with E-state index in [-0.39, 0.29) is 13.4 Å². The minimum Gasteiger partial charge on any atom is -0.454 e. The van der Waals surface area contributed by atoms with E-state index in [0.29, 0.717) is 11.4 Å². The van der Waals surface area contributed by atoms with Gasteiger partial charge in [0.1, 0.15) is 0 Å². The van der Waals surface area contributed by atoms with E-state index in [2.05, 4.69) is 6.92 Å². The molecular formula is C12H15ClO3. The minimum atomic E-state index is 0.175. The molecule has 0 bridgehead atoms. The average Bonchev–Trinajstić information content (AvgIpc) is 2.73. The lowest BCUT2D eigenvalue weighted by molar-refractivity contribution is 0.173. The third-order valence-electron chi connectivity index (χ3n) is 2.76. The molecule has 1 N–H and O–H groups in total. The first-order chi connectivity index (χ1) is 7.77. The number of halogens is 1. The molecule has 0 aliphatic carbocycles. The zero-order valence-electron chi connectivity index (χ0n) is 9.25. The summed E-state index contributed by atoms with van der Waals surface area (Å²) in [7, 11) is 0. The molecular weight excluding hydrogens is 228 g/mol. The Hall–Kier alpha value is -0.930. The molecule has 0 aromatic heterocycles. The molecule has 0 saturated carbocycles. The van der Waals surface area contributed by atoms with Crippen molar-refractivity contribution in [3.63, 3.8) is 0 Å². The quantitative estimate of drug-likeness (QED) is 0.882. The lowest BCUT2D eigenvalue weighted by Crippen LogP contribution is -1.99. The second-order valence-electron chi connectivity index (χ2n) is 3.73. The van der Waals surface area contributed by atoms with Crippen molar-refractivity contribution < 1.29 is 14.6 Å². The fraction of sp³-hybridized carbons (Fsp3) is 0.500. The van der Waals surface area contributed by atoms with E-state index in [1.54, 1.807) is 6.07 Å². The third-order valence-corrected chi connectivity index (χ3v) is 3.10. The van der Waals surface area contributed by atoms with Crippen LogP contribution in [0.3, 0.4) is 0 Å². The van der Waals surface area contributed by atoms with Crippen molar-refractivity contribution in [2.45, 2.75) is 26.2 Å². The highest BCUT2D eigenvalue weighted by Gasteiger charge is 2.22. The fourth-order valence-electron chi connectivity index (χ4n) is 2.02. The maximum Gasteiger partial charge on any atom is 0.231 e. The van der Waals surface area contributed by atoms with Crippen LogP contribution < -0.4 is 9.47 Å². The number of fused-ring (bicyclic) bond motifs is 1. The molecule has 1 aliphatic heterocycles. The van der Waals surface area contributed by atoms with Crippen LogP contribution in [-0.2, 0) is 12.8 Å². The summed E-state index contributed by atoms with van der Waals surface area (Å²) in [5, 5.41) is 9.58. The number of aliphatic hydroxyl groups excluding tert-OH is 1. The molecule has 1 heterocycles. The predicted molar refractivity (Wildman–Crippen MR) is 62.4 cm³/mol. The summed E-state index contributed by atoms with van der Waals surface area (Å²) in [6.45, 7) is 2.51. The Kier molecular flexibility index (Phi) is 3.56. The van der Waals surface area contributed by atoms with Crippen molar-refractivity contribution in [1.29, 1.82) is 0 Å². The van der Waals surface area contributed by atoms with Gasteiger partial charge in [0.2, 0.25) is 6.79 Å². The minimum absolute atomic E-state index is 0.175. The average molecular weight is 243 g/mol. The van der Waals surface area contributed by atoms with Crippen molar-refractivity contribution in [3.8, 4) is 11.5 Å². The Morgan fingerprint density at radius 2 is 2.19 bits per heavy atom. The molecule has 1 aromatic carbocycles. The molecule has 0 amide bonds. The van der Waals surface area contributed by atoms with Gasteiger partial charge in [0.25, 0.3) is 0 Å². The summed E-state index contributed by atoms with van der Waals surface area (Å²) in [6.07, 6.45) is 2.34.